The number of rotatable bonds is 6. The van der Waals surface area contributed by atoms with Gasteiger partial charge in [-0.1, -0.05) is 24.3 Å². The molecule has 0 bridgehead atoms. The molecule has 0 saturated heterocycles. The maximum Gasteiger partial charge on any atom is 0.0671 e. The highest BCUT2D eigenvalue weighted by atomic mass is 16.5. The monoisotopic (exact) mass is 247 g/mol. The van der Waals surface area contributed by atoms with Gasteiger partial charge in [-0.2, -0.15) is 0 Å². The Kier molecular flexibility index (Phi) is 5.21. The summed E-state index contributed by atoms with van der Waals surface area (Å²) in [7, 11) is 0. The third-order valence-electron chi connectivity index (χ3n) is 3.77. The molecule has 2 rings (SSSR count). The van der Waals surface area contributed by atoms with Crippen LogP contribution in [0.4, 0.5) is 0 Å². The Bertz CT molecular complexity index is 364. The fourth-order valence-corrected chi connectivity index (χ4v) is 2.87. The molecule has 1 aliphatic rings. The van der Waals surface area contributed by atoms with Gasteiger partial charge in [0.1, 0.15) is 0 Å². The normalized spacial score (nSPS) is 20.4. The number of hydrogen-bond acceptors (Lipinski definition) is 2. The van der Waals surface area contributed by atoms with Crippen molar-refractivity contribution in [2.24, 2.45) is 0 Å². The molecule has 0 saturated carbocycles. The van der Waals surface area contributed by atoms with Crippen LogP contribution in [0.1, 0.15) is 43.7 Å². The molecule has 2 unspecified atom stereocenters. The van der Waals surface area contributed by atoms with Gasteiger partial charge in [-0.25, -0.2) is 0 Å². The second-order valence-electron chi connectivity index (χ2n) is 5.21. The van der Waals surface area contributed by atoms with Gasteiger partial charge in [-0.3, -0.25) is 0 Å². The van der Waals surface area contributed by atoms with Crippen molar-refractivity contribution in [3.8, 4) is 0 Å². The molecule has 0 heterocycles. The van der Waals surface area contributed by atoms with Gasteiger partial charge in [0.2, 0.25) is 0 Å². The highest BCUT2D eigenvalue weighted by molar-refractivity contribution is 5.32. The summed E-state index contributed by atoms with van der Waals surface area (Å²) in [5.74, 6) is 0.684. The molecule has 1 N–H and O–H groups in total. The molecule has 0 radical (unpaired) electrons. The lowest BCUT2D eigenvalue weighted by Gasteiger charge is -2.26. The van der Waals surface area contributed by atoms with Crippen LogP contribution in [0.15, 0.2) is 24.3 Å². The summed E-state index contributed by atoms with van der Waals surface area (Å²) in [6.07, 6.45) is 4.20. The zero-order chi connectivity index (χ0) is 12.8. The van der Waals surface area contributed by atoms with Crippen LogP contribution >= 0.6 is 0 Å². The van der Waals surface area contributed by atoms with Crippen molar-refractivity contribution in [1.82, 2.24) is 5.32 Å². The van der Waals surface area contributed by atoms with Crippen LogP contribution in [-0.2, 0) is 11.2 Å². The average molecular weight is 247 g/mol. The van der Waals surface area contributed by atoms with Crippen LogP contribution < -0.4 is 5.32 Å². The van der Waals surface area contributed by atoms with E-state index in [1.165, 1.54) is 19.3 Å². The number of nitrogens with one attached hydrogen (secondary N) is 1. The molecule has 0 amide bonds. The predicted octanol–water partition coefficient (Wildman–Crippen LogP) is 3.12. The summed E-state index contributed by atoms with van der Waals surface area (Å²) in [5.41, 5.74) is 3.11. The molecule has 2 nitrogen and oxygen atoms in total. The Morgan fingerprint density at radius 3 is 3.06 bits per heavy atom. The van der Waals surface area contributed by atoms with Crippen molar-refractivity contribution in [2.75, 3.05) is 19.7 Å². The van der Waals surface area contributed by atoms with Gasteiger partial charge in [-0.15, -0.1) is 0 Å². The standard InChI is InChI=1S/C16H25NO/c1-3-18-13(2)11-17-12-15-9-6-8-14-7-4-5-10-16(14)15/h4-5,7,10,13,15,17H,3,6,8-9,11-12H2,1-2H3. The molecular weight excluding hydrogens is 222 g/mol. The molecule has 0 aromatic heterocycles. The molecule has 2 heteroatoms. The first kappa shape index (κ1) is 13.6. The van der Waals surface area contributed by atoms with E-state index >= 15 is 0 Å². The molecule has 2 atom stereocenters. The van der Waals surface area contributed by atoms with Crippen LogP contribution in [-0.4, -0.2) is 25.8 Å². The van der Waals surface area contributed by atoms with Crippen molar-refractivity contribution in [1.29, 1.82) is 0 Å². The first-order valence-electron chi connectivity index (χ1n) is 7.21. The highest BCUT2D eigenvalue weighted by Gasteiger charge is 2.19. The van der Waals surface area contributed by atoms with Crippen molar-refractivity contribution < 1.29 is 4.74 Å². The minimum atomic E-state index is 0.314. The maximum absolute atomic E-state index is 5.54. The summed E-state index contributed by atoms with van der Waals surface area (Å²) < 4.78 is 5.54. The van der Waals surface area contributed by atoms with Gasteiger partial charge in [0, 0.05) is 19.7 Å². The minimum Gasteiger partial charge on any atom is -0.377 e. The van der Waals surface area contributed by atoms with Crippen LogP contribution in [0.3, 0.4) is 0 Å². The van der Waals surface area contributed by atoms with Crippen molar-refractivity contribution in [3.63, 3.8) is 0 Å². The number of fused-ring (bicyclic) bond motifs is 1. The van der Waals surface area contributed by atoms with Crippen LogP contribution in [0.2, 0.25) is 0 Å². The van der Waals surface area contributed by atoms with E-state index in [4.69, 9.17) is 4.74 Å². The quantitative estimate of drug-likeness (QED) is 0.834. The Labute approximate surface area is 111 Å². The van der Waals surface area contributed by atoms with E-state index in [2.05, 4.69) is 36.5 Å². The smallest absolute Gasteiger partial charge is 0.0671 e. The second-order valence-corrected chi connectivity index (χ2v) is 5.21. The minimum absolute atomic E-state index is 0.314. The number of aryl methyl sites for hydroxylation is 1. The van der Waals surface area contributed by atoms with Gasteiger partial charge in [-0.05, 0) is 50.2 Å². The number of benzene rings is 1. The summed E-state index contributed by atoms with van der Waals surface area (Å²) >= 11 is 0. The van der Waals surface area contributed by atoms with E-state index in [9.17, 15) is 0 Å². The highest BCUT2D eigenvalue weighted by Crippen LogP contribution is 2.30. The molecule has 1 aromatic rings. The van der Waals surface area contributed by atoms with Crippen molar-refractivity contribution >= 4 is 0 Å². The number of ether oxygens (including phenoxy) is 1. The van der Waals surface area contributed by atoms with Crippen LogP contribution in [0.25, 0.3) is 0 Å². The molecule has 0 aliphatic heterocycles. The van der Waals surface area contributed by atoms with Gasteiger partial charge in [0.25, 0.3) is 0 Å². The van der Waals surface area contributed by atoms with E-state index in [1.807, 2.05) is 6.92 Å². The predicted molar refractivity (Wildman–Crippen MR) is 76.1 cm³/mol. The van der Waals surface area contributed by atoms with Gasteiger partial charge in [0.15, 0.2) is 0 Å². The Balaban J connectivity index is 1.84. The third-order valence-corrected chi connectivity index (χ3v) is 3.77. The number of hydrogen-bond donors (Lipinski definition) is 1. The molecular formula is C16H25NO. The molecule has 0 fully saturated rings. The summed E-state index contributed by atoms with van der Waals surface area (Å²) in [5, 5.41) is 3.56. The molecule has 100 valence electrons. The van der Waals surface area contributed by atoms with E-state index in [1.54, 1.807) is 11.1 Å². The molecule has 1 aliphatic carbocycles. The lowest BCUT2D eigenvalue weighted by molar-refractivity contribution is 0.0759. The van der Waals surface area contributed by atoms with Gasteiger partial charge >= 0.3 is 0 Å². The fraction of sp³-hybridized carbons (Fsp3) is 0.625. The van der Waals surface area contributed by atoms with Crippen LogP contribution in [0.5, 0.6) is 0 Å². The zero-order valence-electron chi connectivity index (χ0n) is 11.6. The topological polar surface area (TPSA) is 21.3 Å². The van der Waals surface area contributed by atoms with Crippen molar-refractivity contribution in [3.05, 3.63) is 35.4 Å². The second kappa shape index (κ2) is 6.91. The van der Waals surface area contributed by atoms with Crippen LogP contribution in [0, 0.1) is 0 Å². The first-order valence-corrected chi connectivity index (χ1v) is 7.21. The maximum atomic E-state index is 5.54. The summed E-state index contributed by atoms with van der Waals surface area (Å²) in [6, 6.07) is 8.91. The van der Waals surface area contributed by atoms with Crippen molar-refractivity contribution in [2.45, 2.75) is 45.1 Å². The summed E-state index contributed by atoms with van der Waals surface area (Å²) in [4.78, 5) is 0. The SMILES string of the molecule is CCOC(C)CNCC1CCCc2ccccc21. The van der Waals surface area contributed by atoms with E-state index in [-0.39, 0.29) is 0 Å². The lowest BCUT2D eigenvalue weighted by Crippen LogP contribution is -2.31. The van der Waals surface area contributed by atoms with E-state index in [0.29, 0.717) is 12.0 Å². The Hall–Kier alpha value is -0.860. The lowest BCUT2D eigenvalue weighted by atomic mass is 9.83. The van der Waals surface area contributed by atoms with E-state index in [0.717, 1.165) is 19.7 Å². The molecule has 18 heavy (non-hydrogen) atoms. The fourth-order valence-electron chi connectivity index (χ4n) is 2.87. The zero-order valence-corrected chi connectivity index (χ0v) is 11.6. The van der Waals surface area contributed by atoms with Gasteiger partial charge in [0.05, 0.1) is 6.10 Å². The Morgan fingerprint density at radius 2 is 2.22 bits per heavy atom. The third kappa shape index (κ3) is 3.56. The Morgan fingerprint density at radius 1 is 1.39 bits per heavy atom. The first-order chi connectivity index (χ1) is 8.81. The van der Waals surface area contributed by atoms with Gasteiger partial charge < -0.3 is 10.1 Å². The largest absolute Gasteiger partial charge is 0.377 e. The summed E-state index contributed by atoms with van der Waals surface area (Å²) in [6.45, 7) is 7.01. The van der Waals surface area contributed by atoms with E-state index < -0.39 is 0 Å². The average Bonchev–Trinajstić information content (AvgIpc) is 2.39. The molecule has 0 spiro atoms. The molecule has 1 aromatic carbocycles.